The van der Waals surface area contributed by atoms with Crippen LogP contribution in [0.5, 0.6) is 0 Å². The maximum absolute atomic E-state index is 2.57. The second-order valence-electron chi connectivity index (χ2n) is 21.2. The van der Waals surface area contributed by atoms with Crippen molar-refractivity contribution in [1.29, 1.82) is 0 Å². The lowest BCUT2D eigenvalue weighted by Crippen LogP contribution is -2.29. The zero-order chi connectivity index (χ0) is 48.3. The predicted molar refractivity (Wildman–Crippen MR) is 303 cm³/mol. The Bertz CT molecular complexity index is 3790. The monoisotopic (exact) mass is 934 g/mol. The van der Waals surface area contributed by atoms with E-state index in [9.17, 15) is 0 Å². The van der Waals surface area contributed by atoms with E-state index < -0.39 is 5.41 Å². The van der Waals surface area contributed by atoms with Gasteiger partial charge in [0.15, 0.2) is 0 Å². The van der Waals surface area contributed by atoms with Crippen LogP contribution in [0.25, 0.3) is 34.4 Å². The minimum atomic E-state index is -0.520. The molecule has 0 saturated heterocycles. The van der Waals surface area contributed by atoms with Crippen molar-refractivity contribution in [2.24, 2.45) is 0 Å². The van der Waals surface area contributed by atoms with Crippen molar-refractivity contribution in [3.63, 3.8) is 0 Å². The lowest BCUT2D eigenvalue weighted by molar-refractivity contribution is 0.563. The van der Waals surface area contributed by atoms with Crippen LogP contribution in [-0.2, 0) is 36.5 Å². The molecule has 2 nitrogen and oxygen atoms in total. The molecule has 0 bridgehead atoms. The standard InChI is InChI=1S/C71H54N2/c1-47-39-58(72-38-16-22-50-17-10-13-27-66(50)72)44-65-69(47)61-36-33-49(41-64(61)71(65,55-23-4-2-5-24-55)56-25-6-3-7-26-56)31-30-48-32-35-59-60-37-34-57(73-67-28-14-11-18-51(67)42-52-19-12-15-29-68(52)73)43-63(60)70(62(59)40-48)45-53-20-8-9-21-54(53)46-70/h2-15,17-21,23-37,39-41,43-44H,16,22,38,42,45-46H2,1H3. The fraction of sp³-hybridized carbons (Fsp3) is 0.127. The van der Waals surface area contributed by atoms with Crippen molar-refractivity contribution in [3.05, 3.63) is 302 Å². The molecule has 2 heteroatoms. The number of hydrogen-bond donors (Lipinski definition) is 0. The van der Waals surface area contributed by atoms with Gasteiger partial charge in [-0.3, -0.25) is 0 Å². The summed E-state index contributed by atoms with van der Waals surface area (Å²) in [5, 5.41) is 0. The van der Waals surface area contributed by atoms with Gasteiger partial charge in [-0.25, -0.2) is 0 Å². The Morgan fingerprint density at radius 2 is 0.918 bits per heavy atom. The van der Waals surface area contributed by atoms with E-state index in [1.807, 2.05) is 0 Å². The van der Waals surface area contributed by atoms with E-state index in [1.165, 1.54) is 129 Å². The summed E-state index contributed by atoms with van der Waals surface area (Å²) in [6.45, 7) is 3.34. The number of rotatable bonds is 6. The summed E-state index contributed by atoms with van der Waals surface area (Å²) in [6.07, 6.45) is 9.91. The van der Waals surface area contributed by atoms with Crippen LogP contribution in [0.15, 0.2) is 224 Å². The Hall–Kier alpha value is -8.46. The van der Waals surface area contributed by atoms with Gasteiger partial charge in [0, 0.05) is 46.8 Å². The zero-order valence-corrected chi connectivity index (χ0v) is 41.2. The first-order chi connectivity index (χ1) is 36.0. The summed E-state index contributed by atoms with van der Waals surface area (Å²) < 4.78 is 0. The van der Waals surface area contributed by atoms with Gasteiger partial charge in [0.05, 0.1) is 5.41 Å². The number of para-hydroxylation sites is 3. The molecule has 2 heterocycles. The van der Waals surface area contributed by atoms with Crippen LogP contribution in [0.3, 0.4) is 0 Å². The minimum absolute atomic E-state index is 0.166. The van der Waals surface area contributed by atoms with Gasteiger partial charge >= 0.3 is 0 Å². The maximum atomic E-state index is 2.57. The summed E-state index contributed by atoms with van der Waals surface area (Å²) in [5.41, 5.74) is 30.1. The second kappa shape index (κ2) is 16.3. The van der Waals surface area contributed by atoms with Crippen LogP contribution in [-0.4, -0.2) is 6.54 Å². The van der Waals surface area contributed by atoms with E-state index in [4.69, 9.17) is 0 Å². The molecule has 15 rings (SSSR count). The molecule has 0 atom stereocenters. The topological polar surface area (TPSA) is 6.48 Å². The molecule has 2 aliphatic heterocycles. The predicted octanol–water partition coefficient (Wildman–Crippen LogP) is 17.1. The summed E-state index contributed by atoms with van der Waals surface area (Å²) in [4.78, 5) is 5.08. The SMILES string of the molecule is Cc1cc(N2CCCc3ccccc32)cc2c1-c1ccc(C=Cc3ccc4c(c3)C3(Cc5ccccc5C3)c3cc(N5c6ccccc6Cc6ccccc65)ccc3-4)cc1C2(c1ccccc1)c1ccccc1. The summed E-state index contributed by atoms with van der Waals surface area (Å²) >= 11 is 0. The Kier molecular flexibility index (Phi) is 9.42. The Labute approximate surface area is 429 Å². The number of aryl methyl sites for hydroxylation is 2. The third-order valence-electron chi connectivity index (χ3n) is 17.3. The third kappa shape index (κ3) is 6.29. The Morgan fingerprint density at radius 3 is 1.56 bits per heavy atom. The van der Waals surface area contributed by atoms with Gasteiger partial charge in [0.1, 0.15) is 0 Å². The molecule has 0 N–H and O–H groups in total. The van der Waals surface area contributed by atoms with Crippen LogP contribution in [0.4, 0.5) is 28.4 Å². The normalized spacial score (nSPS) is 15.8. The first kappa shape index (κ1) is 42.2. The quantitative estimate of drug-likeness (QED) is 0.153. The average molecular weight is 935 g/mol. The fourth-order valence-electron chi connectivity index (χ4n) is 14.2. The van der Waals surface area contributed by atoms with Crippen molar-refractivity contribution >= 4 is 40.6 Å². The highest BCUT2D eigenvalue weighted by Crippen LogP contribution is 2.60. The average Bonchev–Trinajstić information content (AvgIpc) is 4.10. The van der Waals surface area contributed by atoms with Gasteiger partial charge in [-0.05, 0) is 181 Å². The number of hydrogen-bond acceptors (Lipinski definition) is 2. The maximum Gasteiger partial charge on any atom is 0.0714 e. The molecule has 10 aromatic carbocycles. The molecule has 10 aromatic rings. The Morgan fingerprint density at radius 1 is 0.411 bits per heavy atom. The van der Waals surface area contributed by atoms with Gasteiger partial charge < -0.3 is 9.80 Å². The van der Waals surface area contributed by atoms with Crippen molar-refractivity contribution < 1.29 is 0 Å². The smallest absolute Gasteiger partial charge is 0.0714 e. The van der Waals surface area contributed by atoms with E-state index in [2.05, 4.69) is 253 Å². The molecule has 73 heavy (non-hydrogen) atoms. The molecule has 5 aliphatic rings. The van der Waals surface area contributed by atoms with Crippen LogP contribution >= 0.6 is 0 Å². The molecule has 0 aromatic heterocycles. The molecular formula is C71H54N2. The minimum Gasteiger partial charge on any atom is -0.341 e. The van der Waals surface area contributed by atoms with E-state index in [-0.39, 0.29) is 5.41 Å². The number of fused-ring (bicyclic) bond motifs is 12. The highest BCUT2D eigenvalue weighted by atomic mass is 15.2. The van der Waals surface area contributed by atoms with E-state index in [0.717, 1.165) is 38.6 Å². The Balaban J connectivity index is 0.850. The van der Waals surface area contributed by atoms with Gasteiger partial charge in [0.2, 0.25) is 0 Å². The molecule has 3 aliphatic carbocycles. The third-order valence-corrected chi connectivity index (χ3v) is 17.3. The summed E-state index contributed by atoms with van der Waals surface area (Å²) in [6, 6.07) is 85.4. The largest absolute Gasteiger partial charge is 0.341 e. The molecule has 1 spiro atoms. The summed E-state index contributed by atoms with van der Waals surface area (Å²) in [5.74, 6) is 0. The molecule has 0 amide bonds. The van der Waals surface area contributed by atoms with E-state index >= 15 is 0 Å². The zero-order valence-electron chi connectivity index (χ0n) is 41.2. The van der Waals surface area contributed by atoms with Crippen molar-refractivity contribution in [1.82, 2.24) is 0 Å². The van der Waals surface area contributed by atoms with E-state index in [1.54, 1.807) is 0 Å². The molecule has 0 saturated carbocycles. The molecular weight excluding hydrogens is 881 g/mol. The van der Waals surface area contributed by atoms with Gasteiger partial charge in [-0.2, -0.15) is 0 Å². The lowest BCUT2D eigenvalue weighted by atomic mass is 9.67. The van der Waals surface area contributed by atoms with Gasteiger partial charge in [-0.15, -0.1) is 0 Å². The van der Waals surface area contributed by atoms with Crippen LogP contribution in [0, 0.1) is 6.92 Å². The molecule has 348 valence electrons. The second-order valence-corrected chi connectivity index (χ2v) is 21.2. The fourth-order valence-corrected chi connectivity index (χ4v) is 14.2. The first-order valence-corrected chi connectivity index (χ1v) is 26.3. The highest BCUT2D eigenvalue weighted by molar-refractivity contribution is 5.93. The van der Waals surface area contributed by atoms with Crippen molar-refractivity contribution in [3.8, 4) is 22.3 Å². The number of benzene rings is 10. The van der Waals surface area contributed by atoms with Crippen molar-refractivity contribution in [2.45, 2.75) is 49.9 Å². The van der Waals surface area contributed by atoms with Crippen molar-refractivity contribution in [2.75, 3.05) is 16.3 Å². The van der Waals surface area contributed by atoms with Crippen LogP contribution in [0.2, 0.25) is 0 Å². The van der Waals surface area contributed by atoms with E-state index in [0.29, 0.717) is 0 Å². The molecule has 0 radical (unpaired) electrons. The molecule has 0 unspecified atom stereocenters. The lowest BCUT2D eigenvalue weighted by Gasteiger charge is -2.36. The number of anilines is 5. The van der Waals surface area contributed by atoms with Gasteiger partial charge in [0.25, 0.3) is 0 Å². The first-order valence-electron chi connectivity index (χ1n) is 26.3. The summed E-state index contributed by atoms with van der Waals surface area (Å²) in [7, 11) is 0. The van der Waals surface area contributed by atoms with Gasteiger partial charge in [-0.1, -0.05) is 188 Å². The van der Waals surface area contributed by atoms with Crippen LogP contribution in [0.1, 0.15) is 84.3 Å². The molecule has 0 fully saturated rings. The number of nitrogens with zero attached hydrogens (tertiary/aromatic N) is 2. The van der Waals surface area contributed by atoms with Crippen LogP contribution < -0.4 is 9.80 Å². The highest BCUT2D eigenvalue weighted by Gasteiger charge is 2.49.